The molecule has 0 unspecified atom stereocenters. The third kappa shape index (κ3) is 5.34. The van der Waals surface area contributed by atoms with Crippen molar-refractivity contribution in [3.63, 3.8) is 0 Å². The van der Waals surface area contributed by atoms with E-state index in [0.717, 1.165) is 12.1 Å². The van der Waals surface area contributed by atoms with E-state index in [-0.39, 0.29) is 11.9 Å². The summed E-state index contributed by atoms with van der Waals surface area (Å²) in [4.78, 5) is 7.74. The average Bonchev–Trinajstić information content (AvgIpc) is 2.30. The average molecular weight is 247 g/mol. The fourth-order valence-corrected chi connectivity index (χ4v) is 1.61. The topological polar surface area (TPSA) is 103 Å². The molecule has 0 heterocycles. The highest BCUT2D eigenvalue weighted by Gasteiger charge is 1.95. The third-order valence-electron chi connectivity index (χ3n) is 2.49. The van der Waals surface area contributed by atoms with Crippen molar-refractivity contribution in [1.82, 2.24) is 0 Å². The van der Waals surface area contributed by atoms with Gasteiger partial charge >= 0.3 is 0 Å². The summed E-state index contributed by atoms with van der Waals surface area (Å²) in [5.41, 5.74) is 18.0. The molecule has 1 aromatic carbocycles. The predicted octanol–water partition coefficient (Wildman–Crippen LogP) is 1.64. The highest BCUT2D eigenvalue weighted by Crippen LogP contribution is 2.14. The second-order valence-corrected chi connectivity index (χ2v) is 4.13. The number of benzene rings is 1. The van der Waals surface area contributed by atoms with Gasteiger partial charge < -0.3 is 17.2 Å². The van der Waals surface area contributed by atoms with E-state index in [9.17, 15) is 0 Å². The highest BCUT2D eigenvalue weighted by atomic mass is 15.1. The Morgan fingerprint density at radius 1 is 1.06 bits per heavy atom. The lowest BCUT2D eigenvalue weighted by atomic mass is 10.1. The summed E-state index contributed by atoms with van der Waals surface area (Å²) in [7, 11) is 0. The third-order valence-corrected chi connectivity index (χ3v) is 2.49. The Labute approximate surface area is 108 Å². The number of nitrogens with zero attached hydrogens (tertiary/aromatic N) is 2. The molecule has 0 aliphatic rings. The van der Waals surface area contributed by atoms with Gasteiger partial charge in [0.1, 0.15) is 0 Å². The summed E-state index contributed by atoms with van der Waals surface area (Å²) < 4.78 is 0. The first-order chi connectivity index (χ1) is 8.61. The maximum absolute atomic E-state index is 5.55. The Morgan fingerprint density at radius 3 is 2.28 bits per heavy atom. The van der Waals surface area contributed by atoms with Crippen LogP contribution in [0.5, 0.6) is 0 Å². The standard InChI is InChI=1S/C13H21N5/c1-2-3-4-5-10-6-8-11(9-7-10)17-13(16)18-12(14)15/h6-9H,2-5H2,1H3,(H6,14,15,16,17,18). The molecule has 98 valence electrons. The van der Waals surface area contributed by atoms with Crippen LogP contribution in [0.3, 0.4) is 0 Å². The molecule has 5 nitrogen and oxygen atoms in total. The van der Waals surface area contributed by atoms with E-state index in [1.54, 1.807) is 0 Å². The van der Waals surface area contributed by atoms with E-state index in [1.165, 1.54) is 24.8 Å². The van der Waals surface area contributed by atoms with E-state index < -0.39 is 0 Å². The van der Waals surface area contributed by atoms with Gasteiger partial charge in [0.25, 0.3) is 0 Å². The van der Waals surface area contributed by atoms with Crippen LogP contribution >= 0.6 is 0 Å². The minimum absolute atomic E-state index is 0.0636. The van der Waals surface area contributed by atoms with Crippen molar-refractivity contribution in [1.29, 1.82) is 0 Å². The summed E-state index contributed by atoms with van der Waals surface area (Å²) in [6.07, 6.45) is 4.81. The van der Waals surface area contributed by atoms with Gasteiger partial charge in [-0.1, -0.05) is 31.9 Å². The molecule has 0 fully saturated rings. The summed E-state index contributed by atoms with van der Waals surface area (Å²) in [6, 6.07) is 7.93. The first-order valence-electron chi connectivity index (χ1n) is 6.14. The number of unbranched alkanes of at least 4 members (excludes halogenated alkanes) is 2. The zero-order valence-electron chi connectivity index (χ0n) is 10.8. The Hall–Kier alpha value is -2.04. The second-order valence-electron chi connectivity index (χ2n) is 4.13. The fourth-order valence-electron chi connectivity index (χ4n) is 1.61. The monoisotopic (exact) mass is 247 g/mol. The second kappa shape index (κ2) is 7.32. The van der Waals surface area contributed by atoms with Crippen molar-refractivity contribution in [2.24, 2.45) is 27.2 Å². The van der Waals surface area contributed by atoms with E-state index >= 15 is 0 Å². The maximum Gasteiger partial charge on any atom is 0.223 e. The predicted molar refractivity (Wildman–Crippen MR) is 76.8 cm³/mol. The number of aryl methyl sites for hydroxylation is 1. The zero-order chi connectivity index (χ0) is 13.4. The van der Waals surface area contributed by atoms with Gasteiger partial charge in [-0.05, 0) is 30.5 Å². The number of hydrogen-bond acceptors (Lipinski definition) is 1. The molecule has 0 spiro atoms. The van der Waals surface area contributed by atoms with Gasteiger partial charge in [0.15, 0.2) is 5.96 Å². The molecule has 0 aliphatic heterocycles. The zero-order valence-corrected chi connectivity index (χ0v) is 10.8. The van der Waals surface area contributed by atoms with Gasteiger partial charge in [0.2, 0.25) is 5.96 Å². The van der Waals surface area contributed by atoms with Crippen LogP contribution in [0.4, 0.5) is 5.69 Å². The van der Waals surface area contributed by atoms with Crippen LogP contribution in [0.25, 0.3) is 0 Å². The molecule has 1 rings (SSSR count). The molecule has 0 bridgehead atoms. The lowest BCUT2D eigenvalue weighted by molar-refractivity contribution is 0.717. The summed E-state index contributed by atoms with van der Waals surface area (Å²) in [5, 5.41) is 0. The lowest BCUT2D eigenvalue weighted by Gasteiger charge is -2.01. The smallest absolute Gasteiger partial charge is 0.223 e. The van der Waals surface area contributed by atoms with Crippen molar-refractivity contribution in [3.05, 3.63) is 29.8 Å². The van der Waals surface area contributed by atoms with Crippen LogP contribution in [0.1, 0.15) is 31.7 Å². The van der Waals surface area contributed by atoms with Crippen molar-refractivity contribution in [2.45, 2.75) is 32.6 Å². The maximum atomic E-state index is 5.55. The summed E-state index contributed by atoms with van der Waals surface area (Å²) in [5.74, 6) is -0.0267. The van der Waals surface area contributed by atoms with Crippen molar-refractivity contribution < 1.29 is 0 Å². The van der Waals surface area contributed by atoms with Crippen LogP contribution < -0.4 is 17.2 Å². The van der Waals surface area contributed by atoms with Gasteiger partial charge in [0.05, 0.1) is 5.69 Å². The lowest BCUT2D eigenvalue weighted by Crippen LogP contribution is -2.26. The number of hydrogen-bond donors (Lipinski definition) is 3. The Balaban J connectivity index is 2.62. The molecule has 5 heteroatoms. The van der Waals surface area contributed by atoms with Gasteiger partial charge in [-0.2, -0.15) is 4.99 Å². The first-order valence-corrected chi connectivity index (χ1v) is 6.14. The molecular formula is C13H21N5. The number of rotatable bonds is 5. The van der Waals surface area contributed by atoms with Crippen molar-refractivity contribution >= 4 is 17.6 Å². The molecule has 6 N–H and O–H groups in total. The van der Waals surface area contributed by atoms with E-state index in [0.29, 0.717) is 0 Å². The quantitative estimate of drug-likeness (QED) is 0.418. The van der Waals surface area contributed by atoms with Crippen LogP contribution in [0.2, 0.25) is 0 Å². The molecule has 1 aromatic rings. The molecular weight excluding hydrogens is 226 g/mol. The summed E-state index contributed by atoms with van der Waals surface area (Å²) >= 11 is 0. The molecule has 0 aromatic heterocycles. The molecule has 0 saturated heterocycles. The Morgan fingerprint density at radius 2 is 1.72 bits per heavy atom. The Bertz CT molecular complexity index is 416. The normalized spacial score (nSPS) is 11.3. The van der Waals surface area contributed by atoms with Crippen LogP contribution in [0, 0.1) is 0 Å². The fraction of sp³-hybridized carbons (Fsp3) is 0.385. The minimum atomic E-state index is -0.0903. The minimum Gasteiger partial charge on any atom is -0.370 e. The van der Waals surface area contributed by atoms with Gasteiger partial charge in [0, 0.05) is 0 Å². The SMILES string of the molecule is CCCCCc1ccc(N=C(N)N=C(N)N)cc1. The summed E-state index contributed by atoms with van der Waals surface area (Å²) in [6.45, 7) is 2.20. The number of nitrogens with two attached hydrogens (primary N) is 3. The largest absolute Gasteiger partial charge is 0.370 e. The van der Waals surface area contributed by atoms with Gasteiger partial charge in [-0.3, -0.25) is 0 Å². The van der Waals surface area contributed by atoms with Crippen LogP contribution in [-0.4, -0.2) is 11.9 Å². The van der Waals surface area contributed by atoms with Crippen LogP contribution in [0.15, 0.2) is 34.3 Å². The van der Waals surface area contributed by atoms with E-state index in [1.807, 2.05) is 12.1 Å². The molecule has 0 saturated carbocycles. The van der Waals surface area contributed by atoms with E-state index in [2.05, 4.69) is 29.0 Å². The first kappa shape index (κ1) is 14.0. The van der Waals surface area contributed by atoms with Crippen molar-refractivity contribution in [2.75, 3.05) is 0 Å². The van der Waals surface area contributed by atoms with Gasteiger partial charge in [-0.15, -0.1) is 0 Å². The van der Waals surface area contributed by atoms with Crippen LogP contribution in [-0.2, 0) is 6.42 Å². The molecule has 0 amide bonds. The Kier molecular flexibility index (Phi) is 5.70. The molecule has 0 atom stereocenters. The highest BCUT2D eigenvalue weighted by molar-refractivity contribution is 5.93. The number of guanidine groups is 2. The number of aliphatic imine (C=N–C) groups is 2. The molecule has 0 aliphatic carbocycles. The molecule has 18 heavy (non-hydrogen) atoms. The van der Waals surface area contributed by atoms with Crippen molar-refractivity contribution in [3.8, 4) is 0 Å². The van der Waals surface area contributed by atoms with E-state index in [4.69, 9.17) is 17.2 Å². The molecule has 0 radical (unpaired) electrons. The van der Waals surface area contributed by atoms with Gasteiger partial charge in [-0.25, -0.2) is 4.99 Å².